The molecule has 6 heteroatoms. The van der Waals surface area contributed by atoms with Crippen molar-refractivity contribution < 1.29 is 13.9 Å². The number of pyridine rings is 1. The zero-order chi connectivity index (χ0) is 18.7. The number of H-pyrrole nitrogens is 1. The number of ether oxygens (including phenoxy) is 1. The number of nitrogens with one attached hydrogen (secondary N) is 2. The molecular formula is C20H19FN2O3. The van der Waals surface area contributed by atoms with Gasteiger partial charge in [-0.05, 0) is 43.2 Å². The number of amides is 1. The van der Waals surface area contributed by atoms with Crippen LogP contribution in [0.1, 0.15) is 18.1 Å². The number of rotatable bonds is 5. The van der Waals surface area contributed by atoms with E-state index in [-0.39, 0.29) is 17.9 Å². The van der Waals surface area contributed by atoms with E-state index in [9.17, 15) is 14.0 Å². The second-order valence-corrected chi connectivity index (χ2v) is 5.94. The molecule has 1 heterocycles. The molecule has 5 nitrogen and oxygen atoms in total. The van der Waals surface area contributed by atoms with E-state index in [0.717, 1.165) is 16.5 Å². The van der Waals surface area contributed by atoms with Gasteiger partial charge >= 0.3 is 0 Å². The Bertz CT molecular complexity index is 1030. The maximum Gasteiger partial charge on any atom is 0.262 e. The van der Waals surface area contributed by atoms with Gasteiger partial charge in [-0.1, -0.05) is 25.1 Å². The molecule has 0 spiro atoms. The van der Waals surface area contributed by atoms with Crippen molar-refractivity contribution in [2.45, 2.75) is 20.3 Å². The van der Waals surface area contributed by atoms with Gasteiger partial charge < -0.3 is 15.0 Å². The number of halogens is 1. The van der Waals surface area contributed by atoms with E-state index >= 15 is 0 Å². The smallest absolute Gasteiger partial charge is 0.262 e. The van der Waals surface area contributed by atoms with Gasteiger partial charge in [-0.2, -0.15) is 0 Å². The molecule has 2 aromatic carbocycles. The Morgan fingerprint density at radius 1 is 1.23 bits per heavy atom. The highest BCUT2D eigenvalue weighted by molar-refractivity contribution is 5.95. The Balaban J connectivity index is 1.75. The number of carbonyl (C=O) groups excluding carboxylic acids is 1. The quantitative estimate of drug-likeness (QED) is 0.736. The lowest BCUT2D eigenvalue weighted by molar-refractivity contribution is -0.118. The molecule has 0 aliphatic carbocycles. The van der Waals surface area contributed by atoms with Gasteiger partial charge in [0.05, 0.1) is 5.52 Å². The third-order valence-corrected chi connectivity index (χ3v) is 4.23. The van der Waals surface area contributed by atoms with Crippen LogP contribution in [0.3, 0.4) is 0 Å². The van der Waals surface area contributed by atoms with Crippen LogP contribution >= 0.6 is 0 Å². The predicted octanol–water partition coefficient (Wildman–Crippen LogP) is 3.56. The first-order chi connectivity index (χ1) is 12.5. The summed E-state index contributed by atoms with van der Waals surface area (Å²) in [5.41, 5.74) is 2.75. The number of para-hydroxylation sites is 1. The Morgan fingerprint density at radius 2 is 2.00 bits per heavy atom. The number of carbonyl (C=O) groups is 1. The van der Waals surface area contributed by atoms with Crippen LogP contribution in [-0.4, -0.2) is 17.5 Å². The van der Waals surface area contributed by atoms with Crippen LogP contribution in [0.25, 0.3) is 10.9 Å². The summed E-state index contributed by atoms with van der Waals surface area (Å²) in [5.74, 6) is -0.921. The minimum Gasteiger partial charge on any atom is -0.481 e. The van der Waals surface area contributed by atoms with Crippen molar-refractivity contribution in [2.75, 3.05) is 11.9 Å². The molecule has 0 saturated heterocycles. The number of hydrogen-bond acceptors (Lipinski definition) is 3. The van der Waals surface area contributed by atoms with Crippen LogP contribution in [0, 0.1) is 12.7 Å². The van der Waals surface area contributed by atoms with Gasteiger partial charge in [0.2, 0.25) is 0 Å². The van der Waals surface area contributed by atoms with E-state index in [2.05, 4.69) is 10.3 Å². The maximum atomic E-state index is 13.5. The fraction of sp³-hybridized carbons (Fsp3) is 0.200. The summed E-state index contributed by atoms with van der Waals surface area (Å²) in [6, 6.07) is 11.2. The molecule has 134 valence electrons. The monoisotopic (exact) mass is 354 g/mol. The van der Waals surface area contributed by atoms with Crippen molar-refractivity contribution >= 4 is 22.5 Å². The molecule has 0 atom stereocenters. The van der Waals surface area contributed by atoms with Crippen LogP contribution in [0.5, 0.6) is 5.75 Å². The van der Waals surface area contributed by atoms with E-state index < -0.39 is 11.7 Å². The Hall–Kier alpha value is -3.15. The van der Waals surface area contributed by atoms with Crippen molar-refractivity contribution in [1.82, 2.24) is 4.98 Å². The lowest BCUT2D eigenvalue weighted by Gasteiger charge is -2.11. The molecule has 1 amide bonds. The normalized spacial score (nSPS) is 10.7. The number of aryl methyl sites for hydroxylation is 1. The molecule has 0 unspecified atom stereocenters. The van der Waals surface area contributed by atoms with Gasteiger partial charge in [0.25, 0.3) is 11.5 Å². The summed E-state index contributed by atoms with van der Waals surface area (Å²) < 4.78 is 18.7. The summed E-state index contributed by atoms with van der Waals surface area (Å²) in [6.45, 7) is 3.54. The number of aromatic nitrogens is 1. The molecule has 0 bridgehead atoms. The minimum absolute atomic E-state index is 0.0215. The highest BCUT2D eigenvalue weighted by atomic mass is 19.1. The summed E-state index contributed by atoms with van der Waals surface area (Å²) in [7, 11) is 0. The molecule has 0 aliphatic rings. The topological polar surface area (TPSA) is 71.2 Å². The average molecular weight is 354 g/mol. The highest BCUT2D eigenvalue weighted by Gasteiger charge is 2.10. The summed E-state index contributed by atoms with van der Waals surface area (Å²) in [6.07, 6.45) is 0.656. The number of fused-ring (bicyclic) bond motifs is 1. The zero-order valence-electron chi connectivity index (χ0n) is 14.6. The Morgan fingerprint density at radius 3 is 2.73 bits per heavy atom. The number of benzene rings is 2. The molecule has 2 N–H and O–H groups in total. The first-order valence-electron chi connectivity index (χ1n) is 8.32. The first kappa shape index (κ1) is 17.7. The van der Waals surface area contributed by atoms with Crippen molar-refractivity contribution in [3.63, 3.8) is 0 Å². The number of hydrogen-bond donors (Lipinski definition) is 2. The predicted molar refractivity (Wildman–Crippen MR) is 99.2 cm³/mol. The standard InChI is InChI=1S/C20H19FN2O3/c1-3-14-12(2)15-9-8-13(10-17(15)23-20(14)25)22-19(24)11-26-18-7-5-4-6-16(18)21/h4-10H,3,11H2,1-2H3,(H,22,24)(H,23,25). The Kier molecular flexibility index (Phi) is 5.02. The summed E-state index contributed by atoms with van der Waals surface area (Å²) in [4.78, 5) is 27.0. The van der Waals surface area contributed by atoms with Crippen molar-refractivity contribution in [3.05, 3.63) is 69.8 Å². The van der Waals surface area contributed by atoms with Crippen molar-refractivity contribution in [1.29, 1.82) is 0 Å². The van der Waals surface area contributed by atoms with Gasteiger partial charge in [-0.3, -0.25) is 9.59 Å². The number of aromatic amines is 1. The van der Waals surface area contributed by atoms with E-state index in [1.807, 2.05) is 19.9 Å². The molecule has 3 aromatic rings. The van der Waals surface area contributed by atoms with Crippen LogP contribution in [0.2, 0.25) is 0 Å². The largest absolute Gasteiger partial charge is 0.481 e. The van der Waals surface area contributed by atoms with E-state index in [1.54, 1.807) is 24.3 Å². The Labute approximate surface area is 149 Å². The lowest BCUT2D eigenvalue weighted by Crippen LogP contribution is -2.20. The second-order valence-electron chi connectivity index (χ2n) is 5.94. The van der Waals surface area contributed by atoms with Crippen LogP contribution in [0.15, 0.2) is 47.3 Å². The molecule has 0 radical (unpaired) electrons. The van der Waals surface area contributed by atoms with Crippen LogP contribution < -0.4 is 15.6 Å². The third kappa shape index (κ3) is 3.59. The average Bonchev–Trinajstić information content (AvgIpc) is 2.61. The molecule has 0 saturated carbocycles. The van der Waals surface area contributed by atoms with Crippen molar-refractivity contribution in [3.8, 4) is 5.75 Å². The fourth-order valence-corrected chi connectivity index (χ4v) is 2.91. The molecular weight excluding hydrogens is 335 g/mol. The van der Waals surface area contributed by atoms with Gasteiger partial charge in [-0.15, -0.1) is 0 Å². The van der Waals surface area contributed by atoms with Gasteiger partial charge in [-0.25, -0.2) is 4.39 Å². The number of anilines is 1. The summed E-state index contributed by atoms with van der Waals surface area (Å²) in [5, 5.41) is 3.62. The molecule has 1 aromatic heterocycles. The molecule has 0 fully saturated rings. The molecule has 0 aliphatic heterocycles. The zero-order valence-corrected chi connectivity index (χ0v) is 14.6. The summed E-state index contributed by atoms with van der Waals surface area (Å²) >= 11 is 0. The van der Waals surface area contributed by atoms with E-state index in [4.69, 9.17) is 4.74 Å². The molecule has 26 heavy (non-hydrogen) atoms. The highest BCUT2D eigenvalue weighted by Crippen LogP contribution is 2.21. The van der Waals surface area contributed by atoms with Gasteiger partial charge in [0, 0.05) is 16.6 Å². The van der Waals surface area contributed by atoms with E-state index in [0.29, 0.717) is 17.6 Å². The van der Waals surface area contributed by atoms with Crippen LogP contribution in [0.4, 0.5) is 10.1 Å². The van der Waals surface area contributed by atoms with Crippen LogP contribution in [-0.2, 0) is 11.2 Å². The minimum atomic E-state index is -0.522. The second kappa shape index (κ2) is 7.39. The lowest BCUT2D eigenvalue weighted by atomic mass is 10.0. The fourth-order valence-electron chi connectivity index (χ4n) is 2.91. The van der Waals surface area contributed by atoms with Gasteiger partial charge in [0.15, 0.2) is 18.2 Å². The van der Waals surface area contributed by atoms with E-state index in [1.165, 1.54) is 12.1 Å². The third-order valence-electron chi connectivity index (χ3n) is 4.23. The van der Waals surface area contributed by atoms with Crippen molar-refractivity contribution in [2.24, 2.45) is 0 Å². The molecule has 3 rings (SSSR count). The maximum absolute atomic E-state index is 13.5. The van der Waals surface area contributed by atoms with Gasteiger partial charge in [0.1, 0.15) is 0 Å². The first-order valence-corrected chi connectivity index (χ1v) is 8.32. The SMILES string of the molecule is CCc1c(C)c2ccc(NC(=O)COc3ccccc3F)cc2[nH]c1=O.